The van der Waals surface area contributed by atoms with Crippen molar-refractivity contribution in [3.63, 3.8) is 0 Å². The first kappa shape index (κ1) is 11.4. The predicted molar refractivity (Wildman–Crippen MR) is 65.6 cm³/mol. The number of ether oxygens (including phenoxy) is 1. The van der Waals surface area contributed by atoms with Gasteiger partial charge in [-0.2, -0.15) is 0 Å². The third-order valence-electron chi connectivity index (χ3n) is 2.97. The highest BCUT2D eigenvalue weighted by Gasteiger charge is 2.18. The first-order valence-corrected chi connectivity index (χ1v) is 5.91. The van der Waals surface area contributed by atoms with Crippen LogP contribution in [0.25, 0.3) is 0 Å². The smallest absolute Gasteiger partial charge is 0.123 e. The predicted octanol–water partition coefficient (Wildman–Crippen LogP) is 1.45. The molecule has 0 fully saturated rings. The summed E-state index contributed by atoms with van der Waals surface area (Å²) in [5, 5.41) is 3.39. The highest BCUT2D eigenvalue weighted by Crippen LogP contribution is 2.29. The first-order valence-electron chi connectivity index (χ1n) is 5.91. The fraction of sp³-hybridized carbons (Fsp3) is 0.538. The van der Waals surface area contributed by atoms with Gasteiger partial charge in [0.1, 0.15) is 11.9 Å². The molecule has 1 aromatic carbocycles. The van der Waals surface area contributed by atoms with Crippen LogP contribution in [-0.4, -0.2) is 18.7 Å². The standard InChI is InChI=1S/C13H20N2O/c1-9(7-14)15-8-11-3-4-13-12(6-11)5-10(2)16-13/h3-4,6,9-10,15H,5,7-8,14H2,1-2H3. The summed E-state index contributed by atoms with van der Waals surface area (Å²) < 4.78 is 5.67. The Kier molecular flexibility index (Phi) is 3.46. The van der Waals surface area contributed by atoms with Crippen molar-refractivity contribution >= 4 is 0 Å². The molecule has 2 atom stereocenters. The van der Waals surface area contributed by atoms with Crippen LogP contribution >= 0.6 is 0 Å². The number of nitrogens with two attached hydrogens (primary N) is 1. The molecule has 0 bridgehead atoms. The zero-order valence-electron chi connectivity index (χ0n) is 9.99. The zero-order valence-corrected chi connectivity index (χ0v) is 9.99. The summed E-state index contributed by atoms with van der Waals surface area (Å²) >= 11 is 0. The Morgan fingerprint density at radius 2 is 2.38 bits per heavy atom. The van der Waals surface area contributed by atoms with Gasteiger partial charge < -0.3 is 15.8 Å². The van der Waals surface area contributed by atoms with Crippen LogP contribution in [0.1, 0.15) is 25.0 Å². The summed E-state index contributed by atoms with van der Waals surface area (Å²) in [5.74, 6) is 1.04. The molecule has 1 aliphatic rings. The lowest BCUT2D eigenvalue weighted by molar-refractivity contribution is 0.254. The second-order valence-electron chi connectivity index (χ2n) is 4.59. The van der Waals surface area contributed by atoms with Gasteiger partial charge >= 0.3 is 0 Å². The van der Waals surface area contributed by atoms with E-state index in [4.69, 9.17) is 10.5 Å². The third-order valence-corrected chi connectivity index (χ3v) is 2.97. The summed E-state index contributed by atoms with van der Waals surface area (Å²) in [7, 11) is 0. The van der Waals surface area contributed by atoms with Crippen molar-refractivity contribution in [3.8, 4) is 5.75 Å². The van der Waals surface area contributed by atoms with Gasteiger partial charge in [-0.25, -0.2) is 0 Å². The van der Waals surface area contributed by atoms with Crippen LogP contribution in [0.15, 0.2) is 18.2 Å². The number of hydrogen-bond acceptors (Lipinski definition) is 3. The van der Waals surface area contributed by atoms with E-state index in [1.54, 1.807) is 0 Å². The van der Waals surface area contributed by atoms with E-state index in [9.17, 15) is 0 Å². The Morgan fingerprint density at radius 1 is 1.56 bits per heavy atom. The van der Waals surface area contributed by atoms with E-state index in [1.165, 1.54) is 11.1 Å². The molecule has 3 nitrogen and oxygen atoms in total. The van der Waals surface area contributed by atoms with E-state index in [2.05, 4.69) is 37.4 Å². The van der Waals surface area contributed by atoms with Gasteiger partial charge in [0.2, 0.25) is 0 Å². The van der Waals surface area contributed by atoms with Crippen molar-refractivity contribution in [2.75, 3.05) is 6.54 Å². The number of hydrogen-bond donors (Lipinski definition) is 2. The van der Waals surface area contributed by atoms with Gasteiger partial charge in [0.15, 0.2) is 0 Å². The highest BCUT2D eigenvalue weighted by atomic mass is 16.5. The van der Waals surface area contributed by atoms with Crippen LogP contribution in [0, 0.1) is 0 Å². The highest BCUT2D eigenvalue weighted by molar-refractivity contribution is 5.40. The average Bonchev–Trinajstić information content (AvgIpc) is 2.65. The Morgan fingerprint density at radius 3 is 3.12 bits per heavy atom. The van der Waals surface area contributed by atoms with E-state index in [1.807, 2.05) is 0 Å². The number of fused-ring (bicyclic) bond motifs is 1. The van der Waals surface area contributed by atoms with Gasteiger partial charge in [-0.15, -0.1) is 0 Å². The van der Waals surface area contributed by atoms with Crippen LogP contribution in [0.5, 0.6) is 5.75 Å². The molecule has 0 saturated carbocycles. The van der Waals surface area contributed by atoms with Crippen LogP contribution in [0.2, 0.25) is 0 Å². The molecule has 0 aliphatic carbocycles. The maximum absolute atomic E-state index is 5.67. The molecule has 3 N–H and O–H groups in total. The van der Waals surface area contributed by atoms with Crippen molar-refractivity contribution < 1.29 is 4.74 Å². The molecule has 2 rings (SSSR count). The van der Waals surface area contributed by atoms with Crippen molar-refractivity contribution in [3.05, 3.63) is 29.3 Å². The monoisotopic (exact) mass is 220 g/mol. The Labute approximate surface area is 97.0 Å². The van der Waals surface area contributed by atoms with E-state index in [0.29, 0.717) is 18.7 Å². The fourth-order valence-electron chi connectivity index (χ4n) is 1.96. The lowest BCUT2D eigenvalue weighted by Crippen LogP contribution is -2.32. The van der Waals surface area contributed by atoms with E-state index >= 15 is 0 Å². The number of nitrogens with one attached hydrogen (secondary N) is 1. The molecule has 0 amide bonds. The quantitative estimate of drug-likeness (QED) is 0.807. The molecule has 1 aliphatic heterocycles. The Balaban J connectivity index is 2.00. The molecule has 0 saturated heterocycles. The minimum absolute atomic E-state index is 0.321. The lowest BCUT2D eigenvalue weighted by atomic mass is 10.1. The minimum atomic E-state index is 0.321. The molecule has 0 spiro atoms. The van der Waals surface area contributed by atoms with Crippen molar-refractivity contribution in [1.29, 1.82) is 0 Å². The van der Waals surface area contributed by atoms with Gasteiger partial charge in [0, 0.05) is 25.6 Å². The van der Waals surface area contributed by atoms with Gasteiger partial charge in [-0.05, 0) is 31.0 Å². The Hall–Kier alpha value is -1.06. The molecule has 3 heteroatoms. The van der Waals surface area contributed by atoms with E-state index in [-0.39, 0.29) is 0 Å². The normalized spacial score (nSPS) is 20.3. The Bertz CT molecular complexity index is 365. The molecule has 1 aromatic rings. The van der Waals surface area contributed by atoms with Crippen LogP contribution < -0.4 is 15.8 Å². The average molecular weight is 220 g/mol. The summed E-state index contributed by atoms with van der Waals surface area (Å²) in [5.41, 5.74) is 8.19. The molecule has 0 aromatic heterocycles. The summed E-state index contributed by atoms with van der Waals surface area (Å²) in [6, 6.07) is 6.79. The fourth-order valence-corrected chi connectivity index (χ4v) is 1.96. The van der Waals surface area contributed by atoms with Gasteiger partial charge in [0.05, 0.1) is 0 Å². The van der Waals surface area contributed by atoms with E-state index < -0.39 is 0 Å². The first-order chi connectivity index (χ1) is 7.69. The van der Waals surface area contributed by atoms with Crippen LogP contribution in [0.4, 0.5) is 0 Å². The van der Waals surface area contributed by atoms with Crippen molar-refractivity contribution in [1.82, 2.24) is 5.32 Å². The lowest BCUT2D eigenvalue weighted by Gasteiger charge is -2.11. The summed E-state index contributed by atoms with van der Waals surface area (Å²) in [6.45, 7) is 5.75. The largest absolute Gasteiger partial charge is 0.490 e. The molecule has 1 heterocycles. The van der Waals surface area contributed by atoms with E-state index in [0.717, 1.165) is 18.7 Å². The zero-order chi connectivity index (χ0) is 11.5. The van der Waals surface area contributed by atoms with Crippen LogP contribution in [-0.2, 0) is 13.0 Å². The molecular formula is C13H20N2O. The molecular weight excluding hydrogens is 200 g/mol. The molecule has 2 unspecified atom stereocenters. The number of rotatable bonds is 4. The van der Waals surface area contributed by atoms with Gasteiger partial charge in [-0.1, -0.05) is 12.1 Å². The maximum atomic E-state index is 5.67. The maximum Gasteiger partial charge on any atom is 0.123 e. The minimum Gasteiger partial charge on any atom is -0.490 e. The van der Waals surface area contributed by atoms with Gasteiger partial charge in [0.25, 0.3) is 0 Å². The SMILES string of the molecule is CC(CN)NCc1ccc2c(c1)CC(C)O2. The topological polar surface area (TPSA) is 47.3 Å². The van der Waals surface area contributed by atoms with Gasteiger partial charge in [-0.3, -0.25) is 0 Å². The second-order valence-corrected chi connectivity index (χ2v) is 4.59. The molecule has 0 radical (unpaired) electrons. The summed E-state index contributed by atoms with van der Waals surface area (Å²) in [6.07, 6.45) is 1.34. The molecule has 16 heavy (non-hydrogen) atoms. The van der Waals surface area contributed by atoms with Crippen molar-refractivity contribution in [2.45, 2.75) is 39.0 Å². The second kappa shape index (κ2) is 4.85. The summed E-state index contributed by atoms with van der Waals surface area (Å²) in [4.78, 5) is 0. The molecule has 88 valence electrons. The number of benzene rings is 1. The third kappa shape index (κ3) is 2.54. The van der Waals surface area contributed by atoms with Crippen LogP contribution in [0.3, 0.4) is 0 Å². The van der Waals surface area contributed by atoms with Crippen molar-refractivity contribution in [2.24, 2.45) is 5.73 Å².